The Balaban J connectivity index is 2.39. The minimum Gasteiger partial charge on any atom is -0.383 e. The van der Waals surface area contributed by atoms with Crippen LogP contribution in [0.3, 0.4) is 0 Å². The van der Waals surface area contributed by atoms with Gasteiger partial charge in [0.15, 0.2) is 0 Å². The van der Waals surface area contributed by atoms with E-state index >= 15 is 0 Å². The fourth-order valence-electron chi connectivity index (χ4n) is 1.15. The lowest BCUT2D eigenvalue weighted by Crippen LogP contribution is -2.24. The van der Waals surface area contributed by atoms with Crippen LogP contribution < -0.4 is 5.32 Å². The zero-order chi connectivity index (χ0) is 9.68. The van der Waals surface area contributed by atoms with Gasteiger partial charge in [-0.05, 0) is 6.92 Å². The van der Waals surface area contributed by atoms with Crippen molar-refractivity contribution in [3.63, 3.8) is 0 Å². The zero-order valence-electron chi connectivity index (χ0n) is 8.32. The Bertz CT molecular complexity index is 248. The third-order valence-corrected chi connectivity index (χ3v) is 1.89. The SMILES string of the molecule is COCCNC(C)c1nncn1C. The average Bonchev–Trinajstić information content (AvgIpc) is 2.52. The lowest BCUT2D eigenvalue weighted by molar-refractivity contribution is 0.196. The maximum atomic E-state index is 4.93. The molecule has 13 heavy (non-hydrogen) atoms. The highest BCUT2D eigenvalue weighted by Gasteiger charge is 2.09. The molecule has 1 heterocycles. The highest BCUT2D eigenvalue weighted by atomic mass is 16.5. The van der Waals surface area contributed by atoms with Crippen LogP contribution in [-0.4, -0.2) is 35.0 Å². The molecule has 0 bridgehead atoms. The van der Waals surface area contributed by atoms with Crippen LogP contribution in [0, 0.1) is 0 Å². The maximum absolute atomic E-state index is 4.93. The molecule has 1 aromatic heterocycles. The molecule has 74 valence electrons. The number of rotatable bonds is 5. The molecule has 1 rings (SSSR count). The number of nitrogens with one attached hydrogen (secondary N) is 1. The Morgan fingerprint density at radius 3 is 3.00 bits per heavy atom. The second-order valence-electron chi connectivity index (χ2n) is 2.97. The first-order chi connectivity index (χ1) is 6.25. The van der Waals surface area contributed by atoms with Crippen molar-refractivity contribution in [3.8, 4) is 0 Å². The van der Waals surface area contributed by atoms with E-state index in [1.54, 1.807) is 13.4 Å². The molecular formula is C8H16N4O. The van der Waals surface area contributed by atoms with Crippen LogP contribution in [0.25, 0.3) is 0 Å². The Kier molecular flexibility index (Phi) is 3.85. The molecule has 0 saturated carbocycles. The van der Waals surface area contributed by atoms with Gasteiger partial charge in [-0.2, -0.15) is 0 Å². The van der Waals surface area contributed by atoms with E-state index in [-0.39, 0.29) is 6.04 Å². The molecule has 0 amide bonds. The van der Waals surface area contributed by atoms with E-state index in [1.165, 1.54) is 0 Å². The summed E-state index contributed by atoms with van der Waals surface area (Å²) >= 11 is 0. The van der Waals surface area contributed by atoms with Crippen LogP contribution in [0.1, 0.15) is 18.8 Å². The van der Waals surface area contributed by atoms with Crippen molar-refractivity contribution in [2.24, 2.45) is 7.05 Å². The first kappa shape index (κ1) is 10.1. The number of aromatic nitrogens is 3. The lowest BCUT2D eigenvalue weighted by atomic mass is 10.3. The molecule has 1 atom stereocenters. The summed E-state index contributed by atoms with van der Waals surface area (Å²) in [4.78, 5) is 0. The maximum Gasteiger partial charge on any atom is 0.149 e. The molecule has 0 aliphatic rings. The molecule has 0 aromatic carbocycles. The fourth-order valence-corrected chi connectivity index (χ4v) is 1.15. The quantitative estimate of drug-likeness (QED) is 0.660. The van der Waals surface area contributed by atoms with Crippen LogP contribution in [0.2, 0.25) is 0 Å². The van der Waals surface area contributed by atoms with Crippen LogP contribution in [0.4, 0.5) is 0 Å². The van der Waals surface area contributed by atoms with Crippen LogP contribution in [0.5, 0.6) is 0 Å². The van der Waals surface area contributed by atoms with E-state index < -0.39 is 0 Å². The summed E-state index contributed by atoms with van der Waals surface area (Å²) in [7, 11) is 3.62. The summed E-state index contributed by atoms with van der Waals surface area (Å²) in [5, 5.41) is 11.1. The predicted octanol–water partition coefficient (Wildman–Crippen LogP) is 0.112. The first-order valence-electron chi connectivity index (χ1n) is 4.32. The van der Waals surface area contributed by atoms with E-state index in [4.69, 9.17) is 4.74 Å². The van der Waals surface area contributed by atoms with Gasteiger partial charge in [0, 0.05) is 20.7 Å². The van der Waals surface area contributed by atoms with Gasteiger partial charge in [-0.3, -0.25) is 0 Å². The molecule has 0 saturated heterocycles. The molecule has 1 aromatic rings. The molecular weight excluding hydrogens is 168 g/mol. The van der Waals surface area contributed by atoms with Crippen LogP contribution in [0.15, 0.2) is 6.33 Å². The van der Waals surface area contributed by atoms with E-state index in [1.807, 2.05) is 11.6 Å². The zero-order valence-corrected chi connectivity index (χ0v) is 8.32. The number of methoxy groups -OCH3 is 1. The van der Waals surface area contributed by atoms with E-state index in [0.717, 1.165) is 12.4 Å². The number of hydrogen-bond donors (Lipinski definition) is 1. The van der Waals surface area contributed by atoms with Crippen molar-refractivity contribution in [2.75, 3.05) is 20.3 Å². The summed E-state index contributed by atoms with van der Waals surface area (Å²) in [6, 6.07) is 0.211. The van der Waals surface area contributed by atoms with Crippen molar-refractivity contribution in [3.05, 3.63) is 12.2 Å². The van der Waals surface area contributed by atoms with Gasteiger partial charge in [0.1, 0.15) is 12.2 Å². The van der Waals surface area contributed by atoms with Gasteiger partial charge in [-0.1, -0.05) is 0 Å². The second kappa shape index (κ2) is 4.94. The summed E-state index contributed by atoms with van der Waals surface area (Å²) < 4.78 is 6.84. The van der Waals surface area contributed by atoms with Gasteiger partial charge in [0.25, 0.3) is 0 Å². The van der Waals surface area contributed by atoms with Crippen molar-refractivity contribution >= 4 is 0 Å². The highest BCUT2D eigenvalue weighted by Crippen LogP contribution is 2.05. The lowest BCUT2D eigenvalue weighted by Gasteiger charge is -2.11. The smallest absolute Gasteiger partial charge is 0.149 e. The number of ether oxygens (including phenoxy) is 1. The predicted molar refractivity (Wildman–Crippen MR) is 49.3 cm³/mol. The summed E-state index contributed by atoms with van der Waals surface area (Å²) in [6.45, 7) is 3.59. The van der Waals surface area contributed by atoms with Crippen LogP contribution in [-0.2, 0) is 11.8 Å². The third kappa shape index (κ3) is 2.78. The standard InChI is InChI=1S/C8H16N4O/c1-7(9-4-5-13-3)8-11-10-6-12(8)2/h6-7,9H,4-5H2,1-3H3. The Hall–Kier alpha value is -0.940. The molecule has 0 aliphatic heterocycles. The molecule has 1 unspecified atom stereocenters. The van der Waals surface area contributed by atoms with E-state index in [9.17, 15) is 0 Å². The molecule has 0 radical (unpaired) electrons. The number of aryl methyl sites for hydroxylation is 1. The van der Waals surface area contributed by atoms with Gasteiger partial charge >= 0.3 is 0 Å². The molecule has 0 spiro atoms. The fraction of sp³-hybridized carbons (Fsp3) is 0.750. The number of hydrogen-bond acceptors (Lipinski definition) is 4. The van der Waals surface area contributed by atoms with Gasteiger partial charge in [-0.25, -0.2) is 0 Å². The van der Waals surface area contributed by atoms with Crippen molar-refractivity contribution in [1.29, 1.82) is 0 Å². The van der Waals surface area contributed by atoms with Crippen molar-refractivity contribution in [2.45, 2.75) is 13.0 Å². The van der Waals surface area contributed by atoms with Crippen molar-refractivity contribution < 1.29 is 4.74 Å². The summed E-state index contributed by atoms with van der Waals surface area (Å²) in [6.07, 6.45) is 1.70. The Labute approximate surface area is 78.1 Å². The monoisotopic (exact) mass is 184 g/mol. The largest absolute Gasteiger partial charge is 0.383 e. The van der Waals surface area contributed by atoms with E-state index in [0.29, 0.717) is 6.61 Å². The molecule has 5 heteroatoms. The highest BCUT2D eigenvalue weighted by molar-refractivity contribution is 4.91. The Morgan fingerprint density at radius 2 is 2.46 bits per heavy atom. The van der Waals surface area contributed by atoms with Gasteiger partial charge in [0.05, 0.1) is 12.6 Å². The number of nitrogens with zero attached hydrogens (tertiary/aromatic N) is 3. The van der Waals surface area contributed by atoms with Gasteiger partial charge in [-0.15, -0.1) is 10.2 Å². The first-order valence-corrected chi connectivity index (χ1v) is 4.32. The van der Waals surface area contributed by atoms with Crippen molar-refractivity contribution in [1.82, 2.24) is 20.1 Å². The molecule has 0 aliphatic carbocycles. The van der Waals surface area contributed by atoms with Gasteiger partial charge < -0.3 is 14.6 Å². The third-order valence-electron chi connectivity index (χ3n) is 1.89. The van der Waals surface area contributed by atoms with Gasteiger partial charge in [0.2, 0.25) is 0 Å². The minimum atomic E-state index is 0.211. The van der Waals surface area contributed by atoms with E-state index in [2.05, 4.69) is 22.4 Å². The minimum absolute atomic E-state index is 0.211. The summed E-state index contributed by atoms with van der Waals surface area (Å²) in [5.74, 6) is 0.941. The topological polar surface area (TPSA) is 52.0 Å². The molecule has 0 fully saturated rings. The second-order valence-corrected chi connectivity index (χ2v) is 2.97. The Morgan fingerprint density at radius 1 is 1.69 bits per heavy atom. The average molecular weight is 184 g/mol. The normalized spacial score (nSPS) is 13.2. The molecule has 5 nitrogen and oxygen atoms in total. The summed E-state index contributed by atoms with van der Waals surface area (Å²) in [5.41, 5.74) is 0. The van der Waals surface area contributed by atoms with Crippen LogP contribution >= 0.6 is 0 Å². The molecule has 1 N–H and O–H groups in total.